The van der Waals surface area contributed by atoms with Gasteiger partial charge >= 0.3 is 6.18 Å². The van der Waals surface area contributed by atoms with Crippen LogP contribution in [0.4, 0.5) is 19.0 Å². The van der Waals surface area contributed by atoms with Crippen LogP contribution in [0.25, 0.3) is 0 Å². The van der Waals surface area contributed by atoms with Crippen molar-refractivity contribution in [2.24, 2.45) is 5.92 Å². The van der Waals surface area contributed by atoms with Crippen LogP contribution in [-0.4, -0.2) is 36.1 Å². The summed E-state index contributed by atoms with van der Waals surface area (Å²) < 4.78 is 37.1. The number of pyridine rings is 1. The highest BCUT2D eigenvalue weighted by atomic mass is 19.4. The Bertz CT molecular complexity index is 403. The Morgan fingerprint density at radius 2 is 2.21 bits per heavy atom. The van der Waals surface area contributed by atoms with E-state index in [9.17, 15) is 13.2 Å². The van der Waals surface area contributed by atoms with Gasteiger partial charge in [-0.25, -0.2) is 4.98 Å². The van der Waals surface area contributed by atoms with Crippen molar-refractivity contribution in [3.05, 3.63) is 23.9 Å². The van der Waals surface area contributed by atoms with Crippen molar-refractivity contribution in [3.8, 4) is 0 Å². The number of aromatic nitrogens is 1. The molecule has 0 spiro atoms. The van der Waals surface area contributed by atoms with Gasteiger partial charge in [-0.05, 0) is 37.6 Å². The van der Waals surface area contributed by atoms with Gasteiger partial charge in [0, 0.05) is 19.3 Å². The van der Waals surface area contributed by atoms with Crippen molar-refractivity contribution in [3.63, 3.8) is 0 Å². The molecular weight excluding hydrogens is 255 g/mol. The largest absolute Gasteiger partial charge is 0.417 e. The summed E-state index contributed by atoms with van der Waals surface area (Å²) in [4.78, 5) is 6.17. The van der Waals surface area contributed by atoms with Crippen molar-refractivity contribution >= 4 is 5.82 Å². The Morgan fingerprint density at radius 1 is 1.42 bits per heavy atom. The van der Waals surface area contributed by atoms with Gasteiger partial charge < -0.3 is 10.2 Å². The molecule has 1 N–H and O–H groups in total. The highest BCUT2D eigenvalue weighted by molar-refractivity contribution is 5.36. The van der Waals surface area contributed by atoms with Gasteiger partial charge in [-0.15, -0.1) is 0 Å². The highest BCUT2D eigenvalue weighted by Gasteiger charge is 2.30. The number of nitrogens with zero attached hydrogens (tertiary/aromatic N) is 2. The number of halogens is 3. The van der Waals surface area contributed by atoms with Crippen molar-refractivity contribution < 1.29 is 13.2 Å². The summed E-state index contributed by atoms with van der Waals surface area (Å²) in [5.41, 5.74) is -0.712. The summed E-state index contributed by atoms with van der Waals surface area (Å²) in [5, 5.41) is 3.10. The fourth-order valence-electron chi connectivity index (χ4n) is 2.28. The zero-order valence-electron chi connectivity index (χ0n) is 10.9. The lowest BCUT2D eigenvalue weighted by molar-refractivity contribution is -0.137. The number of likely N-dealkylation sites (tertiary alicyclic amines) is 1. The van der Waals surface area contributed by atoms with Crippen LogP contribution in [-0.2, 0) is 6.18 Å². The molecule has 2 rings (SSSR count). The lowest BCUT2D eigenvalue weighted by Crippen LogP contribution is -2.22. The first-order valence-corrected chi connectivity index (χ1v) is 6.48. The maximum atomic E-state index is 12.4. The van der Waals surface area contributed by atoms with E-state index in [1.54, 1.807) is 0 Å². The van der Waals surface area contributed by atoms with E-state index in [0.29, 0.717) is 11.7 Å². The Morgan fingerprint density at radius 3 is 2.74 bits per heavy atom. The van der Waals surface area contributed by atoms with Crippen molar-refractivity contribution in [1.29, 1.82) is 0 Å². The minimum Gasteiger partial charge on any atom is -0.370 e. The summed E-state index contributed by atoms with van der Waals surface area (Å²) in [6, 6.07) is 2.44. The number of nitrogens with one attached hydrogen (secondary N) is 1. The van der Waals surface area contributed by atoms with Crippen LogP contribution in [0.1, 0.15) is 18.9 Å². The molecule has 2 heterocycles. The van der Waals surface area contributed by atoms with Crippen LogP contribution in [0.2, 0.25) is 0 Å². The fourth-order valence-corrected chi connectivity index (χ4v) is 2.28. The third-order valence-electron chi connectivity index (χ3n) is 3.48. The molecule has 0 saturated carbocycles. The monoisotopic (exact) mass is 273 g/mol. The minimum atomic E-state index is -4.32. The van der Waals surface area contributed by atoms with E-state index < -0.39 is 11.7 Å². The highest BCUT2D eigenvalue weighted by Crippen LogP contribution is 2.28. The second kappa shape index (κ2) is 5.77. The van der Waals surface area contributed by atoms with E-state index in [2.05, 4.69) is 22.1 Å². The molecule has 0 amide bonds. The van der Waals surface area contributed by atoms with Crippen LogP contribution < -0.4 is 5.32 Å². The third-order valence-corrected chi connectivity index (χ3v) is 3.48. The molecular formula is C13H18F3N3. The molecule has 0 radical (unpaired) electrons. The Hall–Kier alpha value is -1.30. The summed E-state index contributed by atoms with van der Waals surface area (Å²) in [7, 11) is 0. The molecule has 1 aliphatic heterocycles. The van der Waals surface area contributed by atoms with Crippen LogP contribution in [0.3, 0.4) is 0 Å². The minimum absolute atomic E-state index is 0.503. The lowest BCUT2D eigenvalue weighted by atomic mass is 10.1. The molecule has 0 aromatic carbocycles. The summed E-state index contributed by atoms with van der Waals surface area (Å²) in [6.07, 6.45) is -2.32. The van der Waals surface area contributed by atoms with Gasteiger partial charge in [0.05, 0.1) is 5.56 Å². The van der Waals surface area contributed by atoms with Gasteiger partial charge in [-0.3, -0.25) is 0 Å². The van der Waals surface area contributed by atoms with Gasteiger partial charge in [-0.2, -0.15) is 13.2 Å². The first kappa shape index (κ1) is 14.1. The molecule has 106 valence electrons. The molecule has 1 aromatic heterocycles. The fraction of sp³-hybridized carbons (Fsp3) is 0.615. The molecule has 1 fully saturated rings. The summed E-state index contributed by atoms with van der Waals surface area (Å²) in [6.45, 7) is 6.09. The molecule has 19 heavy (non-hydrogen) atoms. The van der Waals surface area contributed by atoms with Crippen molar-refractivity contribution in [1.82, 2.24) is 9.88 Å². The van der Waals surface area contributed by atoms with E-state index in [-0.39, 0.29) is 0 Å². The Kier molecular flexibility index (Phi) is 4.29. The van der Waals surface area contributed by atoms with Crippen LogP contribution in [0.5, 0.6) is 0 Å². The van der Waals surface area contributed by atoms with Crippen molar-refractivity contribution in [2.45, 2.75) is 19.5 Å². The van der Waals surface area contributed by atoms with E-state index >= 15 is 0 Å². The standard InChI is InChI=1S/C13H18F3N3/c1-2-19-6-5-10(9-19)7-17-12-4-3-11(8-18-12)13(14,15)16/h3-4,8,10H,2,5-7,9H2,1H3,(H,17,18). The first-order chi connectivity index (χ1) is 8.99. The number of hydrogen-bond donors (Lipinski definition) is 1. The second-order valence-corrected chi connectivity index (χ2v) is 4.86. The van der Waals surface area contributed by atoms with Gasteiger partial charge in [0.15, 0.2) is 0 Å². The topological polar surface area (TPSA) is 28.2 Å². The molecule has 0 bridgehead atoms. The average Bonchev–Trinajstić information content (AvgIpc) is 2.84. The molecule has 0 aliphatic carbocycles. The van der Waals surface area contributed by atoms with Crippen LogP contribution >= 0.6 is 0 Å². The van der Waals surface area contributed by atoms with E-state index in [1.165, 1.54) is 6.07 Å². The van der Waals surface area contributed by atoms with Crippen LogP contribution in [0.15, 0.2) is 18.3 Å². The number of hydrogen-bond acceptors (Lipinski definition) is 3. The Balaban J connectivity index is 1.84. The molecule has 1 saturated heterocycles. The van der Waals surface area contributed by atoms with Gasteiger partial charge in [0.25, 0.3) is 0 Å². The maximum absolute atomic E-state index is 12.4. The quantitative estimate of drug-likeness (QED) is 0.914. The summed E-state index contributed by atoms with van der Waals surface area (Å²) in [5.74, 6) is 1.05. The zero-order valence-corrected chi connectivity index (χ0v) is 10.9. The molecule has 3 nitrogen and oxygen atoms in total. The normalized spacial score (nSPS) is 20.7. The maximum Gasteiger partial charge on any atom is 0.417 e. The number of rotatable bonds is 4. The number of anilines is 1. The van der Waals surface area contributed by atoms with E-state index in [4.69, 9.17) is 0 Å². The van der Waals surface area contributed by atoms with Gasteiger partial charge in [-0.1, -0.05) is 6.92 Å². The second-order valence-electron chi connectivity index (χ2n) is 4.86. The summed E-state index contributed by atoms with van der Waals surface area (Å²) >= 11 is 0. The molecule has 1 aliphatic rings. The van der Waals surface area contributed by atoms with Crippen molar-refractivity contribution in [2.75, 3.05) is 31.5 Å². The van der Waals surface area contributed by atoms with E-state index in [0.717, 1.165) is 44.9 Å². The Labute approximate surface area is 110 Å². The molecule has 1 aromatic rings. The molecule has 1 atom stereocenters. The molecule has 1 unspecified atom stereocenters. The third kappa shape index (κ3) is 3.83. The van der Waals surface area contributed by atoms with E-state index in [1.807, 2.05) is 0 Å². The first-order valence-electron chi connectivity index (χ1n) is 6.48. The average molecular weight is 273 g/mol. The zero-order chi connectivity index (χ0) is 13.9. The predicted octanol–water partition coefficient (Wildman–Crippen LogP) is 2.85. The SMILES string of the molecule is CCN1CCC(CNc2ccc(C(F)(F)F)cn2)C1. The molecule has 6 heteroatoms. The predicted molar refractivity (Wildman–Crippen MR) is 67.9 cm³/mol. The van der Waals surface area contributed by atoms with Crippen LogP contribution in [0, 0.1) is 5.92 Å². The number of alkyl halides is 3. The smallest absolute Gasteiger partial charge is 0.370 e. The van der Waals surface area contributed by atoms with Gasteiger partial charge in [0.2, 0.25) is 0 Å². The van der Waals surface area contributed by atoms with Gasteiger partial charge in [0.1, 0.15) is 5.82 Å². The lowest BCUT2D eigenvalue weighted by Gasteiger charge is -2.14.